The van der Waals surface area contributed by atoms with Crippen molar-refractivity contribution in [3.05, 3.63) is 65.9 Å². The number of nitrogens with two attached hydrogens (primary N) is 1. The monoisotopic (exact) mass is 482 g/mol. The largest absolute Gasteiger partial charge is 0.465 e. The first-order valence-electron chi connectivity index (χ1n) is 9.49. The number of hydrogen-bond acceptors (Lipinski definition) is 9. The van der Waals surface area contributed by atoms with Crippen molar-refractivity contribution in [2.75, 3.05) is 12.9 Å². The van der Waals surface area contributed by atoms with Crippen LogP contribution in [0.1, 0.15) is 16.1 Å². The number of esters is 1. The standard InChI is InChI=1S/C22H18N4O3S3/c1-29-20(28)19-16(11-30-21-25-26-22(32-21)31-12-17(23)27)24-15-10-6-5-9-14(15)18(19)13-7-3-2-4-8-13/h2-10H,11-12H2,1H3,(H2,23,27). The van der Waals surface area contributed by atoms with E-state index in [0.29, 0.717) is 25.7 Å². The second-order valence-corrected chi connectivity index (χ2v) is 9.98. The van der Waals surface area contributed by atoms with Gasteiger partial charge in [-0.15, -0.1) is 10.2 Å². The summed E-state index contributed by atoms with van der Waals surface area (Å²) in [6.07, 6.45) is 0. The maximum absolute atomic E-state index is 12.9. The molecule has 0 saturated heterocycles. The summed E-state index contributed by atoms with van der Waals surface area (Å²) in [5, 5.41) is 9.12. The number of primary amides is 1. The number of pyridine rings is 1. The number of methoxy groups -OCH3 is 1. The molecule has 0 radical (unpaired) electrons. The predicted molar refractivity (Wildman–Crippen MR) is 128 cm³/mol. The molecule has 0 spiro atoms. The van der Waals surface area contributed by atoms with Gasteiger partial charge in [-0.25, -0.2) is 4.79 Å². The minimum Gasteiger partial charge on any atom is -0.465 e. The van der Waals surface area contributed by atoms with Crippen LogP contribution in [-0.4, -0.2) is 39.9 Å². The van der Waals surface area contributed by atoms with Gasteiger partial charge >= 0.3 is 5.97 Å². The van der Waals surface area contributed by atoms with Crippen LogP contribution in [0.4, 0.5) is 0 Å². The first kappa shape index (κ1) is 22.3. The molecule has 162 valence electrons. The number of amides is 1. The molecular formula is C22H18N4O3S3. The van der Waals surface area contributed by atoms with Gasteiger partial charge in [0.05, 0.1) is 29.6 Å². The molecule has 2 aromatic heterocycles. The van der Waals surface area contributed by atoms with Crippen LogP contribution in [-0.2, 0) is 15.3 Å². The number of carbonyl (C=O) groups excluding carboxylic acids is 2. The highest BCUT2D eigenvalue weighted by molar-refractivity contribution is 8.03. The lowest BCUT2D eigenvalue weighted by Gasteiger charge is -2.15. The Morgan fingerprint density at radius 3 is 2.41 bits per heavy atom. The van der Waals surface area contributed by atoms with Crippen LogP contribution in [0.15, 0.2) is 63.3 Å². The van der Waals surface area contributed by atoms with Crippen molar-refractivity contribution in [2.45, 2.75) is 14.4 Å². The highest BCUT2D eigenvalue weighted by atomic mass is 32.2. The Labute approximate surface area is 196 Å². The number of hydrogen-bond donors (Lipinski definition) is 1. The fourth-order valence-corrected chi connectivity index (χ4v) is 5.87. The van der Waals surface area contributed by atoms with Crippen LogP contribution in [0, 0.1) is 0 Å². The van der Waals surface area contributed by atoms with E-state index in [9.17, 15) is 9.59 Å². The number of carbonyl (C=O) groups is 2. The molecule has 0 aliphatic heterocycles. The fourth-order valence-electron chi connectivity index (χ4n) is 3.17. The number of para-hydroxylation sites is 1. The number of benzene rings is 2. The summed E-state index contributed by atoms with van der Waals surface area (Å²) < 4.78 is 6.51. The molecule has 2 N–H and O–H groups in total. The Kier molecular flexibility index (Phi) is 7.03. The average Bonchev–Trinajstić information content (AvgIpc) is 3.28. The molecule has 0 saturated carbocycles. The van der Waals surface area contributed by atoms with Crippen molar-refractivity contribution in [1.29, 1.82) is 0 Å². The molecule has 10 heteroatoms. The van der Waals surface area contributed by atoms with Crippen molar-refractivity contribution in [3.8, 4) is 11.1 Å². The number of fused-ring (bicyclic) bond motifs is 1. The molecule has 0 fully saturated rings. The number of nitrogens with zero attached hydrogens (tertiary/aromatic N) is 3. The van der Waals surface area contributed by atoms with Crippen molar-refractivity contribution in [2.24, 2.45) is 5.73 Å². The minimum absolute atomic E-state index is 0.151. The van der Waals surface area contributed by atoms with E-state index in [1.807, 2.05) is 54.6 Å². The third-order valence-corrected chi connectivity index (χ3v) is 7.70. The van der Waals surface area contributed by atoms with Gasteiger partial charge in [0.15, 0.2) is 8.68 Å². The van der Waals surface area contributed by atoms with E-state index >= 15 is 0 Å². The topological polar surface area (TPSA) is 108 Å². The van der Waals surface area contributed by atoms with Crippen LogP contribution in [0.25, 0.3) is 22.0 Å². The lowest BCUT2D eigenvalue weighted by atomic mass is 9.94. The molecule has 1 amide bonds. The number of aromatic nitrogens is 3. The number of rotatable bonds is 8. The van der Waals surface area contributed by atoms with Crippen LogP contribution in [0.5, 0.6) is 0 Å². The average molecular weight is 483 g/mol. The molecular weight excluding hydrogens is 464 g/mol. The van der Waals surface area contributed by atoms with Crippen molar-refractivity contribution >= 4 is 57.6 Å². The summed E-state index contributed by atoms with van der Waals surface area (Å²) in [4.78, 5) is 28.6. The fraction of sp³-hybridized carbons (Fsp3) is 0.136. The SMILES string of the molecule is COC(=O)c1c(CSc2nnc(SCC(N)=O)s2)nc2ccccc2c1-c1ccccc1. The van der Waals surface area contributed by atoms with Crippen LogP contribution < -0.4 is 5.73 Å². The number of thioether (sulfide) groups is 2. The summed E-state index contributed by atoms with van der Waals surface area (Å²) in [6.45, 7) is 0. The summed E-state index contributed by atoms with van der Waals surface area (Å²) in [5.41, 5.74) is 8.75. The van der Waals surface area contributed by atoms with Gasteiger partial charge in [0.25, 0.3) is 0 Å². The second-order valence-electron chi connectivity index (χ2n) is 6.56. The Bertz CT molecular complexity index is 1280. The Balaban J connectivity index is 1.74. The van der Waals surface area contributed by atoms with Crippen LogP contribution in [0.2, 0.25) is 0 Å². The first-order valence-corrected chi connectivity index (χ1v) is 12.3. The zero-order chi connectivity index (χ0) is 22.5. The molecule has 0 aliphatic carbocycles. The van der Waals surface area contributed by atoms with Crippen LogP contribution >= 0.6 is 34.9 Å². The zero-order valence-corrected chi connectivity index (χ0v) is 19.4. The quantitative estimate of drug-likeness (QED) is 0.291. The van der Waals surface area contributed by atoms with Gasteiger partial charge in [-0.05, 0) is 11.6 Å². The van der Waals surface area contributed by atoms with Crippen molar-refractivity contribution < 1.29 is 14.3 Å². The van der Waals surface area contributed by atoms with Gasteiger partial charge in [0.1, 0.15) is 0 Å². The third-order valence-electron chi connectivity index (χ3n) is 4.48. The normalized spacial score (nSPS) is 10.9. The van der Waals surface area contributed by atoms with E-state index in [2.05, 4.69) is 10.2 Å². The van der Waals surface area contributed by atoms with Gasteiger partial charge in [-0.1, -0.05) is 83.4 Å². The summed E-state index contributed by atoms with van der Waals surface area (Å²) >= 11 is 4.05. The van der Waals surface area contributed by atoms with E-state index in [1.54, 1.807) is 0 Å². The van der Waals surface area contributed by atoms with E-state index in [-0.39, 0.29) is 5.75 Å². The van der Waals surface area contributed by atoms with Crippen molar-refractivity contribution in [3.63, 3.8) is 0 Å². The molecule has 2 heterocycles. The Hall–Kier alpha value is -2.95. The molecule has 2 aromatic carbocycles. The maximum Gasteiger partial charge on any atom is 0.340 e. The first-order chi connectivity index (χ1) is 15.6. The molecule has 32 heavy (non-hydrogen) atoms. The van der Waals surface area contributed by atoms with Gasteiger partial charge < -0.3 is 10.5 Å². The molecule has 4 rings (SSSR count). The Morgan fingerprint density at radius 1 is 1.00 bits per heavy atom. The molecule has 4 aromatic rings. The van der Waals surface area contributed by atoms with E-state index in [0.717, 1.165) is 22.0 Å². The molecule has 7 nitrogen and oxygen atoms in total. The highest BCUT2D eigenvalue weighted by Gasteiger charge is 2.23. The Morgan fingerprint density at radius 2 is 1.69 bits per heavy atom. The van der Waals surface area contributed by atoms with Gasteiger partial charge in [0.2, 0.25) is 5.91 Å². The lowest BCUT2D eigenvalue weighted by molar-refractivity contribution is -0.115. The molecule has 0 bridgehead atoms. The van der Waals surface area contributed by atoms with Crippen LogP contribution in [0.3, 0.4) is 0 Å². The third kappa shape index (κ3) is 4.93. The van der Waals surface area contributed by atoms with E-state index < -0.39 is 11.9 Å². The summed E-state index contributed by atoms with van der Waals surface area (Å²) in [7, 11) is 1.37. The zero-order valence-electron chi connectivity index (χ0n) is 17.0. The van der Waals surface area contributed by atoms with E-state index in [1.165, 1.54) is 42.0 Å². The lowest BCUT2D eigenvalue weighted by Crippen LogP contribution is -2.12. The van der Waals surface area contributed by atoms with Gasteiger partial charge in [0, 0.05) is 16.7 Å². The molecule has 0 aliphatic rings. The smallest absolute Gasteiger partial charge is 0.340 e. The predicted octanol–water partition coefficient (Wildman–Crippen LogP) is 4.41. The molecule has 0 atom stereocenters. The molecule has 0 unspecified atom stereocenters. The van der Waals surface area contributed by atoms with Gasteiger partial charge in [-0.2, -0.15) is 0 Å². The highest BCUT2D eigenvalue weighted by Crippen LogP contribution is 2.37. The second kappa shape index (κ2) is 10.1. The number of ether oxygens (including phenoxy) is 1. The maximum atomic E-state index is 12.9. The van der Waals surface area contributed by atoms with Gasteiger partial charge in [-0.3, -0.25) is 9.78 Å². The summed E-state index contributed by atoms with van der Waals surface area (Å²) in [6, 6.07) is 17.5. The summed E-state index contributed by atoms with van der Waals surface area (Å²) in [5.74, 6) is -0.286. The minimum atomic E-state index is -0.437. The van der Waals surface area contributed by atoms with E-state index in [4.69, 9.17) is 15.5 Å². The van der Waals surface area contributed by atoms with Crippen molar-refractivity contribution in [1.82, 2.24) is 15.2 Å².